The smallest absolute Gasteiger partial charge is 0.305 e. The molecule has 0 saturated heterocycles. The second kappa shape index (κ2) is 5.87. The summed E-state index contributed by atoms with van der Waals surface area (Å²) < 4.78 is 0. The van der Waals surface area contributed by atoms with Crippen LogP contribution in [0.5, 0.6) is 5.75 Å². The first-order valence-electron chi connectivity index (χ1n) is 6.20. The number of rotatable bonds is 5. The van der Waals surface area contributed by atoms with E-state index < -0.39 is 12.0 Å². The van der Waals surface area contributed by atoms with Crippen molar-refractivity contribution in [1.82, 2.24) is 0 Å². The average Bonchev–Trinajstić information content (AvgIpc) is 2.27. The van der Waals surface area contributed by atoms with Gasteiger partial charge < -0.3 is 15.9 Å². The van der Waals surface area contributed by atoms with Crippen LogP contribution in [0.2, 0.25) is 0 Å². The summed E-state index contributed by atoms with van der Waals surface area (Å²) in [4.78, 5) is 10.8. The molecule has 4 nitrogen and oxygen atoms in total. The number of phenolic OH excluding ortho intramolecular Hbond substituents is 1. The number of carbonyl (C=O) groups is 1. The van der Waals surface area contributed by atoms with E-state index in [1.807, 2.05) is 32.9 Å². The Balaban J connectivity index is 3.31. The van der Waals surface area contributed by atoms with Gasteiger partial charge in [-0.25, -0.2) is 0 Å². The summed E-state index contributed by atoms with van der Waals surface area (Å²) in [5.74, 6) is -0.618. The molecule has 1 aromatic rings. The van der Waals surface area contributed by atoms with Crippen molar-refractivity contribution in [3.63, 3.8) is 0 Å². The minimum atomic E-state index is -0.960. The highest BCUT2D eigenvalue weighted by molar-refractivity contribution is 5.68. The molecule has 0 amide bonds. The zero-order valence-corrected chi connectivity index (χ0v) is 11.1. The van der Waals surface area contributed by atoms with Gasteiger partial charge in [-0.2, -0.15) is 0 Å². The number of benzene rings is 1. The number of aryl methyl sites for hydroxylation is 1. The molecule has 100 valence electrons. The quantitative estimate of drug-likeness (QED) is 0.751. The third-order valence-corrected chi connectivity index (χ3v) is 3.10. The lowest BCUT2D eigenvalue weighted by Crippen LogP contribution is -2.18. The molecule has 0 aliphatic carbocycles. The Labute approximate surface area is 107 Å². The monoisotopic (exact) mass is 251 g/mol. The lowest BCUT2D eigenvalue weighted by molar-refractivity contribution is -0.137. The van der Waals surface area contributed by atoms with Crippen LogP contribution in [-0.2, 0) is 11.2 Å². The Morgan fingerprint density at radius 3 is 2.44 bits per heavy atom. The molecule has 4 N–H and O–H groups in total. The third-order valence-electron chi connectivity index (χ3n) is 3.10. The first-order valence-corrected chi connectivity index (χ1v) is 6.20. The summed E-state index contributed by atoms with van der Waals surface area (Å²) in [6.07, 6.45) is 0.511. The number of carboxylic acids is 1. The number of hydrogen-bond acceptors (Lipinski definition) is 3. The number of aliphatic carboxylic acids is 1. The van der Waals surface area contributed by atoms with Crippen LogP contribution < -0.4 is 5.73 Å². The van der Waals surface area contributed by atoms with E-state index in [0.29, 0.717) is 12.0 Å². The number of nitrogens with two attached hydrogens (primary N) is 1. The van der Waals surface area contributed by atoms with Gasteiger partial charge in [-0.1, -0.05) is 32.9 Å². The second-order valence-corrected chi connectivity index (χ2v) is 4.79. The standard InChI is InChI=1S/C14H21NO3/c1-4-9-5-6-10(8(2)3)13(14(9)18)11(15)7-12(16)17/h5-6,8,11,18H,4,7,15H2,1-3H3,(H,16,17). The van der Waals surface area contributed by atoms with Gasteiger partial charge in [-0.05, 0) is 23.5 Å². The van der Waals surface area contributed by atoms with Gasteiger partial charge in [0.05, 0.1) is 6.42 Å². The molecule has 0 spiro atoms. The van der Waals surface area contributed by atoms with Crippen LogP contribution in [0.25, 0.3) is 0 Å². The maximum atomic E-state index is 10.8. The van der Waals surface area contributed by atoms with Gasteiger partial charge in [0, 0.05) is 11.6 Å². The van der Waals surface area contributed by atoms with E-state index in [1.54, 1.807) is 0 Å². The molecule has 1 unspecified atom stereocenters. The van der Waals surface area contributed by atoms with Gasteiger partial charge in [0.25, 0.3) is 0 Å². The molecule has 0 saturated carbocycles. The molecule has 1 aromatic carbocycles. The number of hydrogen-bond donors (Lipinski definition) is 3. The molecule has 4 heteroatoms. The van der Waals surface area contributed by atoms with E-state index in [-0.39, 0.29) is 18.1 Å². The molecular formula is C14H21NO3. The summed E-state index contributed by atoms with van der Waals surface area (Å²) >= 11 is 0. The van der Waals surface area contributed by atoms with Crippen molar-refractivity contribution in [2.24, 2.45) is 5.73 Å². The van der Waals surface area contributed by atoms with E-state index in [9.17, 15) is 9.90 Å². The van der Waals surface area contributed by atoms with E-state index in [1.165, 1.54) is 0 Å². The molecule has 0 radical (unpaired) electrons. The van der Waals surface area contributed by atoms with Crippen molar-refractivity contribution < 1.29 is 15.0 Å². The Morgan fingerprint density at radius 2 is 2.00 bits per heavy atom. The van der Waals surface area contributed by atoms with Crippen molar-refractivity contribution in [1.29, 1.82) is 0 Å². The molecular weight excluding hydrogens is 230 g/mol. The van der Waals surface area contributed by atoms with E-state index in [0.717, 1.165) is 11.1 Å². The summed E-state index contributed by atoms with van der Waals surface area (Å²) in [7, 11) is 0. The lowest BCUT2D eigenvalue weighted by atomic mass is 9.88. The molecule has 0 aliphatic heterocycles. The van der Waals surface area contributed by atoms with E-state index in [4.69, 9.17) is 10.8 Å². The summed E-state index contributed by atoms with van der Waals surface area (Å²) in [6.45, 7) is 5.94. The highest BCUT2D eigenvalue weighted by atomic mass is 16.4. The summed E-state index contributed by atoms with van der Waals surface area (Å²) in [5.41, 5.74) is 8.21. The van der Waals surface area contributed by atoms with Gasteiger partial charge in [0.2, 0.25) is 0 Å². The normalized spacial score (nSPS) is 12.7. The van der Waals surface area contributed by atoms with Gasteiger partial charge in [0.15, 0.2) is 0 Å². The number of aromatic hydroxyl groups is 1. The molecule has 1 atom stereocenters. The molecule has 0 aliphatic rings. The first-order chi connectivity index (χ1) is 8.38. The lowest BCUT2D eigenvalue weighted by Gasteiger charge is -2.20. The van der Waals surface area contributed by atoms with Crippen molar-refractivity contribution in [2.45, 2.75) is 45.6 Å². The molecule has 0 aromatic heterocycles. The summed E-state index contributed by atoms with van der Waals surface area (Å²) in [5, 5.41) is 19.1. The van der Waals surface area contributed by atoms with Crippen LogP contribution in [0, 0.1) is 0 Å². The van der Waals surface area contributed by atoms with Crippen LogP contribution in [0.3, 0.4) is 0 Å². The Kier molecular flexibility index (Phi) is 4.73. The Bertz CT molecular complexity index is 441. The largest absolute Gasteiger partial charge is 0.507 e. The van der Waals surface area contributed by atoms with E-state index >= 15 is 0 Å². The van der Waals surface area contributed by atoms with Crippen LogP contribution in [0.1, 0.15) is 55.8 Å². The molecule has 0 fully saturated rings. The predicted molar refractivity (Wildman–Crippen MR) is 70.8 cm³/mol. The van der Waals surface area contributed by atoms with Crippen LogP contribution in [-0.4, -0.2) is 16.2 Å². The third kappa shape index (κ3) is 3.01. The van der Waals surface area contributed by atoms with Gasteiger partial charge in [0.1, 0.15) is 5.75 Å². The van der Waals surface area contributed by atoms with Crippen molar-refractivity contribution in [3.8, 4) is 5.75 Å². The number of carboxylic acid groups (broad SMARTS) is 1. The van der Waals surface area contributed by atoms with Gasteiger partial charge in [-0.3, -0.25) is 4.79 Å². The van der Waals surface area contributed by atoms with E-state index in [2.05, 4.69) is 0 Å². The molecule has 18 heavy (non-hydrogen) atoms. The van der Waals surface area contributed by atoms with Crippen LogP contribution in [0.15, 0.2) is 12.1 Å². The topological polar surface area (TPSA) is 83.6 Å². The highest BCUT2D eigenvalue weighted by Crippen LogP contribution is 2.35. The number of phenols is 1. The SMILES string of the molecule is CCc1ccc(C(C)C)c(C(N)CC(=O)O)c1O. The molecule has 0 bridgehead atoms. The Morgan fingerprint density at radius 1 is 1.39 bits per heavy atom. The van der Waals surface area contributed by atoms with Gasteiger partial charge >= 0.3 is 5.97 Å². The highest BCUT2D eigenvalue weighted by Gasteiger charge is 2.21. The Hall–Kier alpha value is -1.55. The maximum Gasteiger partial charge on any atom is 0.305 e. The molecule has 0 heterocycles. The fraction of sp³-hybridized carbons (Fsp3) is 0.500. The van der Waals surface area contributed by atoms with Crippen molar-refractivity contribution >= 4 is 5.97 Å². The zero-order valence-electron chi connectivity index (χ0n) is 11.1. The van der Waals surface area contributed by atoms with Crippen molar-refractivity contribution in [3.05, 3.63) is 28.8 Å². The van der Waals surface area contributed by atoms with Gasteiger partial charge in [-0.15, -0.1) is 0 Å². The average molecular weight is 251 g/mol. The minimum absolute atomic E-state index is 0.150. The first kappa shape index (κ1) is 14.5. The fourth-order valence-electron chi connectivity index (χ4n) is 2.14. The predicted octanol–water partition coefficient (Wildman–Crippen LogP) is 2.55. The van der Waals surface area contributed by atoms with Crippen LogP contribution in [0.4, 0.5) is 0 Å². The minimum Gasteiger partial charge on any atom is -0.507 e. The second-order valence-electron chi connectivity index (χ2n) is 4.79. The van der Waals surface area contributed by atoms with Crippen LogP contribution >= 0.6 is 0 Å². The fourth-order valence-corrected chi connectivity index (χ4v) is 2.14. The maximum absolute atomic E-state index is 10.8. The van der Waals surface area contributed by atoms with Crippen molar-refractivity contribution in [2.75, 3.05) is 0 Å². The molecule has 1 rings (SSSR count). The zero-order chi connectivity index (χ0) is 13.9. The summed E-state index contributed by atoms with van der Waals surface area (Å²) in [6, 6.07) is 3.13.